The molecule has 1 aromatic heterocycles. The van der Waals surface area contributed by atoms with Crippen molar-refractivity contribution in [3.05, 3.63) is 35.2 Å². The number of piperidine rings is 1. The number of ether oxygens (including phenoxy) is 2. The number of aromatic nitrogens is 2. The fourth-order valence-electron chi connectivity index (χ4n) is 3.44. The van der Waals surface area contributed by atoms with E-state index in [1.54, 1.807) is 25.6 Å². The van der Waals surface area contributed by atoms with Gasteiger partial charge in [-0.25, -0.2) is 17.2 Å². The van der Waals surface area contributed by atoms with Crippen molar-refractivity contribution in [3.63, 3.8) is 0 Å². The molecule has 0 N–H and O–H groups in total. The highest BCUT2D eigenvalue weighted by atomic mass is 32.2. The van der Waals surface area contributed by atoms with Crippen LogP contribution in [-0.4, -0.2) is 48.8 Å². The van der Waals surface area contributed by atoms with Crippen LogP contribution < -0.4 is 9.47 Å². The lowest BCUT2D eigenvalue weighted by atomic mass is 10.1. The van der Waals surface area contributed by atoms with Crippen LogP contribution in [0.2, 0.25) is 0 Å². The number of rotatable bonds is 5. The molecule has 0 aliphatic carbocycles. The molecule has 10 heteroatoms. The van der Waals surface area contributed by atoms with Crippen molar-refractivity contribution in [2.45, 2.75) is 37.7 Å². The fourth-order valence-corrected chi connectivity index (χ4v) is 5.31. The Labute approximate surface area is 162 Å². The van der Waals surface area contributed by atoms with Gasteiger partial charge in [-0.2, -0.15) is 9.40 Å². The minimum absolute atomic E-state index is 0.0519. The summed E-state index contributed by atoms with van der Waals surface area (Å²) in [6.45, 7) is 3.89. The summed E-state index contributed by atoms with van der Waals surface area (Å²) in [5, 5.41) is 4.18. The summed E-state index contributed by atoms with van der Waals surface area (Å²) in [6.07, 6.45) is 0.481. The summed E-state index contributed by atoms with van der Waals surface area (Å²) in [6, 6.07) is 2.13. The average Bonchev–Trinajstić information content (AvgIpc) is 2.87. The van der Waals surface area contributed by atoms with Gasteiger partial charge >= 0.3 is 0 Å². The van der Waals surface area contributed by atoms with E-state index in [1.165, 1.54) is 11.4 Å². The second-order valence-corrected chi connectivity index (χ2v) is 8.64. The van der Waals surface area contributed by atoms with Gasteiger partial charge in [-0.3, -0.25) is 4.68 Å². The summed E-state index contributed by atoms with van der Waals surface area (Å²) >= 11 is 0. The Bertz CT molecular complexity index is 960. The van der Waals surface area contributed by atoms with Crippen LogP contribution in [0.25, 0.3) is 0 Å². The Morgan fingerprint density at radius 1 is 1.14 bits per heavy atom. The van der Waals surface area contributed by atoms with Gasteiger partial charge in [-0.05, 0) is 26.7 Å². The van der Waals surface area contributed by atoms with Crippen LogP contribution in [0.4, 0.5) is 8.78 Å². The summed E-state index contributed by atoms with van der Waals surface area (Å²) in [5.74, 6) is -2.10. The summed E-state index contributed by atoms with van der Waals surface area (Å²) in [7, 11) is -0.776. The highest BCUT2D eigenvalue weighted by molar-refractivity contribution is 7.89. The first kappa shape index (κ1) is 20.5. The van der Waals surface area contributed by atoms with Crippen molar-refractivity contribution in [1.29, 1.82) is 0 Å². The smallest absolute Gasteiger partial charge is 0.246 e. The summed E-state index contributed by atoms with van der Waals surface area (Å²) < 4.78 is 66.8. The third-order valence-electron chi connectivity index (χ3n) is 4.92. The van der Waals surface area contributed by atoms with Crippen molar-refractivity contribution >= 4 is 10.0 Å². The molecular formula is C18H23F2N3O4S. The first-order valence-electron chi connectivity index (χ1n) is 8.85. The van der Waals surface area contributed by atoms with E-state index in [9.17, 15) is 17.2 Å². The molecule has 1 fully saturated rings. The number of benzene rings is 1. The topological polar surface area (TPSA) is 73.7 Å². The molecule has 28 heavy (non-hydrogen) atoms. The van der Waals surface area contributed by atoms with E-state index in [0.717, 1.165) is 12.1 Å². The molecule has 1 aliphatic rings. The van der Waals surface area contributed by atoms with E-state index in [0.29, 0.717) is 24.2 Å². The van der Waals surface area contributed by atoms with Crippen LogP contribution in [0.1, 0.15) is 24.2 Å². The maximum Gasteiger partial charge on any atom is 0.246 e. The van der Waals surface area contributed by atoms with Gasteiger partial charge in [0.2, 0.25) is 10.0 Å². The molecular weight excluding hydrogens is 392 g/mol. The number of nitrogens with zero attached hydrogens (tertiary/aromatic N) is 3. The Hall–Kier alpha value is -2.20. The number of hydrogen-bond donors (Lipinski definition) is 0. The average molecular weight is 415 g/mol. The molecule has 0 bridgehead atoms. The Morgan fingerprint density at radius 3 is 2.18 bits per heavy atom. The van der Waals surface area contributed by atoms with Gasteiger partial charge in [0, 0.05) is 32.3 Å². The van der Waals surface area contributed by atoms with E-state index in [2.05, 4.69) is 9.84 Å². The minimum Gasteiger partial charge on any atom is -0.491 e. The molecule has 0 saturated carbocycles. The highest BCUT2D eigenvalue weighted by Gasteiger charge is 2.34. The quantitative estimate of drug-likeness (QED) is 0.751. The molecule has 1 aromatic carbocycles. The molecule has 0 unspecified atom stereocenters. The predicted octanol–water partition coefficient (Wildman–Crippen LogP) is 2.56. The third-order valence-corrected chi connectivity index (χ3v) is 7.07. The maximum atomic E-state index is 13.8. The van der Waals surface area contributed by atoms with Crippen molar-refractivity contribution in [1.82, 2.24) is 14.1 Å². The van der Waals surface area contributed by atoms with Crippen molar-refractivity contribution in [2.24, 2.45) is 7.05 Å². The Kier molecular flexibility index (Phi) is 5.62. The van der Waals surface area contributed by atoms with Gasteiger partial charge in [0.1, 0.15) is 16.7 Å². The maximum absolute atomic E-state index is 13.8. The SMILES string of the molecule is COc1c(F)cc(OC2CCN(S(=O)(=O)c3c(C)nn(C)c3C)CC2)cc1F. The molecule has 2 aromatic rings. The van der Waals surface area contributed by atoms with Crippen LogP contribution in [0, 0.1) is 25.5 Å². The van der Waals surface area contributed by atoms with Gasteiger partial charge in [-0.15, -0.1) is 0 Å². The molecule has 7 nitrogen and oxygen atoms in total. The van der Waals surface area contributed by atoms with E-state index in [4.69, 9.17) is 4.74 Å². The van der Waals surface area contributed by atoms with Crippen LogP contribution in [0.5, 0.6) is 11.5 Å². The first-order valence-corrected chi connectivity index (χ1v) is 10.3. The van der Waals surface area contributed by atoms with Gasteiger partial charge in [0.15, 0.2) is 17.4 Å². The minimum atomic E-state index is -3.66. The molecule has 0 atom stereocenters. The van der Waals surface area contributed by atoms with E-state index in [-0.39, 0.29) is 29.8 Å². The van der Waals surface area contributed by atoms with Crippen LogP contribution in [-0.2, 0) is 17.1 Å². The van der Waals surface area contributed by atoms with E-state index in [1.807, 2.05) is 0 Å². The predicted molar refractivity (Wildman–Crippen MR) is 98.0 cm³/mol. The molecule has 2 heterocycles. The molecule has 0 radical (unpaired) electrons. The van der Waals surface area contributed by atoms with Crippen LogP contribution >= 0.6 is 0 Å². The molecule has 3 rings (SSSR count). The first-order chi connectivity index (χ1) is 13.1. The van der Waals surface area contributed by atoms with Crippen molar-refractivity contribution in [3.8, 4) is 11.5 Å². The zero-order valence-electron chi connectivity index (χ0n) is 16.2. The number of aryl methyl sites for hydroxylation is 2. The highest BCUT2D eigenvalue weighted by Crippen LogP contribution is 2.30. The monoisotopic (exact) mass is 415 g/mol. The zero-order valence-corrected chi connectivity index (χ0v) is 17.0. The number of sulfonamides is 1. The number of methoxy groups -OCH3 is 1. The second-order valence-electron chi connectivity index (χ2n) is 6.77. The van der Waals surface area contributed by atoms with Crippen LogP contribution in [0.15, 0.2) is 17.0 Å². The molecule has 154 valence electrons. The van der Waals surface area contributed by atoms with E-state index < -0.39 is 27.4 Å². The number of hydrogen-bond acceptors (Lipinski definition) is 5. The van der Waals surface area contributed by atoms with Crippen LogP contribution in [0.3, 0.4) is 0 Å². The summed E-state index contributed by atoms with van der Waals surface area (Å²) in [4.78, 5) is 0.230. The number of halogens is 2. The van der Waals surface area contributed by atoms with Gasteiger partial charge < -0.3 is 9.47 Å². The fraction of sp³-hybridized carbons (Fsp3) is 0.500. The zero-order chi connectivity index (χ0) is 20.6. The second kappa shape index (κ2) is 7.67. The Balaban J connectivity index is 1.69. The molecule has 1 saturated heterocycles. The molecule has 1 aliphatic heterocycles. The van der Waals surface area contributed by atoms with Gasteiger partial charge in [0.25, 0.3) is 0 Å². The van der Waals surface area contributed by atoms with Gasteiger partial charge in [0.05, 0.1) is 18.5 Å². The third kappa shape index (κ3) is 3.70. The van der Waals surface area contributed by atoms with Gasteiger partial charge in [-0.1, -0.05) is 0 Å². The molecule has 0 amide bonds. The lowest BCUT2D eigenvalue weighted by Crippen LogP contribution is -2.42. The normalized spacial score (nSPS) is 16.4. The van der Waals surface area contributed by atoms with Crippen molar-refractivity contribution < 1.29 is 26.7 Å². The largest absolute Gasteiger partial charge is 0.491 e. The lowest BCUT2D eigenvalue weighted by Gasteiger charge is -2.31. The van der Waals surface area contributed by atoms with Crippen molar-refractivity contribution in [2.75, 3.05) is 20.2 Å². The summed E-state index contributed by atoms with van der Waals surface area (Å²) in [5.41, 5.74) is 1.04. The standard InChI is InChI=1S/C18H23F2N3O4S/c1-11-18(12(2)22(3)21-11)28(24,25)23-7-5-13(6-8-23)27-14-9-15(19)17(26-4)16(20)10-14/h9-10,13H,5-8H2,1-4H3. The van der Waals surface area contributed by atoms with E-state index >= 15 is 0 Å². The lowest BCUT2D eigenvalue weighted by molar-refractivity contribution is 0.134. The Morgan fingerprint density at radius 2 is 1.71 bits per heavy atom. The molecule has 0 spiro atoms.